The zero-order chi connectivity index (χ0) is 19.2. The van der Waals surface area contributed by atoms with E-state index in [0.717, 1.165) is 11.3 Å². The molecule has 1 aromatic rings. The first kappa shape index (κ1) is 21.2. The van der Waals surface area contributed by atoms with E-state index in [-0.39, 0.29) is 24.8 Å². The van der Waals surface area contributed by atoms with Crippen molar-refractivity contribution < 1.29 is 29.3 Å². The summed E-state index contributed by atoms with van der Waals surface area (Å²) >= 11 is 0. The summed E-state index contributed by atoms with van der Waals surface area (Å²) in [6.07, 6.45) is -0.546. The number of hydrogen-bond donors (Lipinski definition) is 4. The lowest BCUT2D eigenvalue weighted by molar-refractivity contribution is -0.142. The van der Waals surface area contributed by atoms with Crippen LogP contribution in [0.15, 0.2) is 24.3 Å². The van der Waals surface area contributed by atoms with Crippen LogP contribution in [0.1, 0.15) is 39.2 Å². The summed E-state index contributed by atoms with van der Waals surface area (Å²) in [5.74, 6) is -3.58. The second-order valence-electron chi connectivity index (χ2n) is 7.00. The molecule has 3 unspecified atom stereocenters. The summed E-state index contributed by atoms with van der Waals surface area (Å²) in [6, 6.07) is 7.50. The van der Waals surface area contributed by atoms with Gasteiger partial charge in [0.25, 0.3) is 0 Å². The van der Waals surface area contributed by atoms with E-state index in [1.165, 1.54) is 0 Å². The Hall–Kier alpha value is -1.85. The summed E-state index contributed by atoms with van der Waals surface area (Å²) in [4.78, 5) is 31.8. The van der Waals surface area contributed by atoms with Gasteiger partial charge in [0, 0.05) is 18.7 Å². The van der Waals surface area contributed by atoms with E-state index in [1.807, 2.05) is 45.0 Å². The van der Waals surface area contributed by atoms with Crippen LogP contribution in [0, 0.1) is 5.92 Å². The third kappa shape index (κ3) is 6.52. The van der Waals surface area contributed by atoms with E-state index in [2.05, 4.69) is 5.32 Å². The maximum atomic E-state index is 11.7. The molecule has 4 N–H and O–H groups in total. The van der Waals surface area contributed by atoms with Gasteiger partial charge in [-0.1, -0.05) is 39.0 Å². The molecule has 0 aromatic heterocycles. The van der Waals surface area contributed by atoms with Gasteiger partial charge in [0.2, 0.25) is 0 Å². The van der Waals surface area contributed by atoms with Crippen molar-refractivity contribution in [1.82, 2.24) is 0 Å². The summed E-state index contributed by atoms with van der Waals surface area (Å²) < 4.78 is 11.7. The van der Waals surface area contributed by atoms with E-state index in [0.29, 0.717) is 0 Å². The molecule has 140 valence electrons. The first-order valence-corrected chi connectivity index (χ1v) is 9.48. The standard InChI is InChI=1S/C17H26NO6P/c1-17(2,3)12-6-4-5-7-13(12)18-10-14(25(23)24)11(16(21)22)8-9-15(19)20/h4-7,11,14,18,25H,8-10H2,1-3H3,(H,19,20)(H,21,22)(H,23,24). The Bertz CT molecular complexity index is 640. The zero-order valence-electron chi connectivity index (χ0n) is 14.7. The number of para-hydroxylation sites is 1. The fourth-order valence-electron chi connectivity index (χ4n) is 2.69. The number of rotatable bonds is 9. The lowest BCUT2D eigenvalue weighted by Crippen LogP contribution is -2.32. The Morgan fingerprint density at radius 1 is 1.20 bits per heavy atom. The Morgan fingerprint density at radius 3 is 2.28 bits per heavy atom. The number of hydrogen-bond acceptors (Lipinski definition) is 4. The van der Waals surface area contributed by atoms with Crippen LogP contribution in [0.2, 0.25) is 0 Å². The third-order valence-electron chi connectivity index (χ3n) is 4.04. The number of aliphatic carboxylic acids is 2. The molecular formula is C17H26NO6P. The molecule has 8 heteroatoms. The second-order valence-corrected chi connectivity index (χ2v) is 8.42. The first-order valence-electron chi connectivity index (χ1n) is 8.04. The van der Waals surface area contributed by atoms with Gasteiger partial charge in [-0.2, -0.15) is 0 Å². The highest BCUT2D eigenvalue weighted by molar-refractivity contribution is 7.39. The van der Waals surface area contributed by atoms with Crippen molar-refractivity contribution in [3.05, 3.63) is 29.8 Å². The minimum atomic E-state index is -3.17. The molecular weight excluding hydrogens is 345 g/mol. The van der Waals surface area contributed by atoms with Crippen LogP contribution in [-0.2, 0) is 19.6 Å². The van der Waals surface area contributed by atoms with Crippen molar-refractivity contribution in [3.8, 4) is 0 Å². The van der Waals surface area contributed by atoms with Crippen LogP contribution in [0.5, 0.6) is 0 Å². The van der Waals surface area contributed by atoms with Crippen LogP contribution in [0.25, 0.3) is 0 Å². The molecule has 0 aliphatic heterocycles. The second kappa shape index (κ2) is 9.02. The minimum Gasteiger partial charge on any atom is -0.481 e. The van der Waals surface area contributed by atoms with E-state index in [4.69, 9.17) is 5.11 Å². The van der Waals surface area contributed by atoms with Crippen molar-refractivity contribution in [2.24, 2.45) is 5.92 Å². The molecule has 0 radical (unpaired) electrons. The topological polar surface area (TPSA) is 124 Å². The molecule has 0 saturated heterocycles. The Balaban J connectivity index is 2.97. The SMILES string of the molecule is CC(C)(C)c1ccccc1NCC(C(CCC(=O)O)C(=O)O)[PH](=O)O. The maximum Gasteiger partial charge on any atom is 0.307 e. The van der Waals surface area contributed by atoms with E-state index >= 15 is 0 Å². The largest absolute Gasteiger partial charge is 0.481 e. The Morgan fingerprint density at radius 2 is 1.80 bits per heavy atom. The lowest BCUT2D eigenvalue weighted by Gasteiger charge is -2.26. The van der Waals surface area contributed by atoms with Gasteiger partial charge in [-0.05, 0) is 23.5 Å². The quantitative estimate of drug-likeness (QED) is 0.492. The van der Waals surface area contributed by atoms with Crippen molar-refractivity contribution in [2.75, 3.05) is 11.9 Å². The molecule has 1 aromatic carbocycles. The average Bonchev–Trinajstić information content (AvgIpc) is 2.48. The molecule has 0 fully saturated rings. The van der Waals surface area contributed by atoms with Crippen LogP contribution >= 0.6 is 8.03 Å². The number of carboxylic acids is 2. The van der Waals surface area contributed by atoms with Gasteiger partial charge in [0.15, 0.2) is 8.03 Å². The fourth-order valence-corrected chi connectivity index (χ4v) is 3.62. The molecule has 1 rings (SSSR count). The Kier molecular flexibility index (Phi) is 7.64. The molecule has 0 heterocycles. The van der Waals surface area contributed by atoms with Gasteiger partial charge in [-0.15, -0.1) is 0 Å². The monoisotopic (exact) mass is 371 g/mol. The molecule has 0 spiro atoms. The highest BCUT2D eigenvalue weighted by Gasteiger charge is 2.32. The molecule has 25 heavy (non-hydrogen) atoms. The predicted octanol–water partition coefficient (Wildman–Crippen LogP) is 2.80. The van der Waals surface area contributed by atoms with Crippen LogP contribution in [-0.4, -0.2) is 39.2 Å². The summed E-state index contributed by atoms with van der Waals surface area (Å²) in [7, 11) is -3.17. The summed E-state index contributed by atoms with van der Waals surface area (Å²) in [5, 5.41) is 21.2. The molecule has 0 saturated carbocycles. The van der Waals surface area contributed by atoms with Gasteiger partial charge in [-0.3, -0.25) is 14.2 Å². The number of anilines is 1. The van der Waals surface area contributed by atoms with Gasteiger partial charge >= 0.3 is 11.9 Å². The number of carboxylic acid groups (broad SMARTS) is 2. The number of benzene rings is 1. The number of nitrogens with one attached hydrogen (secondary N) is 1. The van der Waals surface area contributed by atoms with E-state index < -0.39 is 31.5 Å². The van der Waals surface area contributed by atoms with E-state index in [1.54, 1.807) is 0 Å². The molecule has 3 atom stereocenters. The molecule has 0 bridgehead atoms. The van der Waals surface area contributed by atoms with Gasteiger partial charge in [0.1, 0.15) is 0 Å². The van der Waals surface area contributed by atoms with Gasteiger partial charge in [0.05, 0.1) is 11.6 Å². The van der Waals surface area contributed by atoms with Crippen molar-refractivity contribution >= 4 is 25.7 Å². The van der Waals surface area contributed by atoms with Gasteiger partial charge < -0.3 is 20.4 Å². The highest BCUT2D eigenvalue weighted by atomic mass is 31.1. The van der Waals surface area contributed by atoms with Crippen molar-refractivity contribution in [3.63, 3.8) is 0 Å². The molecule has 0 amide bonds. The van der Waals surface area contributed by atoms with Crippen LogP contribution < -0.4 is 5.32 Å². The lowest BCUT2D eigenvalue weighted by atomic mass is 9.86. The molecule has 7 nitrogen and oxygen atoms in total. The average molecular weight is 371 g/mol. The molecule has 0 aliphatic carbocycles. The summed E-state index contributed by atoms with van der Waals surface area (Å²) in [5.41, 5.74) is 0.572. The summed E-state index contributed by atoms with van der Waals surface area (Å²) in [6.45, 7) is 6.09. The van der Waals surface area contributed by atoms with Gasteiger partial charge in [-0.25, -0.2) is 0 Å². The predicted molar refractivity (Wildman–Crippen MR) is 96.6 cm³/mol. The number of carbonyl (C=O) groups is 2. The van der Waals surface area contributed by atoms with Crippen molar-refractivity contribution in [1.29, 1.82) is 0 Å². The van der Waals surface area contributed by atoms with Crippen LogP contribution in [0.3, 0.4) is 0 Å². The van der Waals surface area contributed by atoms with Crippen LogP contribution in [0.4, 0.5) is 5.69 Å². The van der Waals surface area contributed by atoms with E-state index in [9.17, 15) is 24.2 Å². The normalized spacial score (nSPS) is 15.2. The zero-order valence-corrected chi connectivity index (χ0v) is 15.7. The fraction of sp³-hybridized carbons (Fsp3) is 0.529. The minimum absolute atomic E-state index is 0.0159. The third-order valence-corrected chi connectivity index (χ3v) is 5.28. The maximum absolute atomic E-state index is 11.7. The first-order chi connectivity index (χ1) is 11.5. The molecule has 0 aliphatic rings. The highest BCUT2D eigenvalue weighted by Crippen LogP contribution is 2.34. The Labute approximate surface area is 147 Å². The smallest absolute Gasteiger partial charge is 0.307 e. The van der Waals surface area contributed by atoms with Crippen molar-refractivity contribution in [2.45, 2.75) is 44.7 Å².